The number of aryl methyl sites for hydroxylation is 2. The van der Waals surface area contributed by atoms with Crippen LogP contribution in [-0.2, 0) is 0 Å². The molecule has 0 atom stereocenters. The molecule has 0 N–H and O–H groups in total. The van der Waals surface area contributed by atoms with Crippen molar-refractivity contribution in [3.05, 3.63) is 57.6 Å². The molecule has 0 aromatic heterocycles. The second-order valence-corrected chi connectivity index (χ2v) is 4.90. The molecule has 88 valence electrons. The fourth-order valence-electron chi connectivity index (χ4n) is 2.02. The van der Waals surface area contributed by atoms with E-state index in [0.29, 0.717) is 4.47 Å². The molecule has 0 amide bonds. The molecule has 0 saturated carbocycles. The lowest BCUT2D eigenvalue weighted by atomic mass is 9.95. The average Bonchev–Trinajstić information content (AvgIpc) is 2.21. The van der Waals surface area contributed by atoms with Crippen LogP contribution in [0.2, 0.25) is 0 Å². The molecule has 2 rings (SSSR count). The minimum absolute atomic E-state index is 0.263. The van der Waals surface area contributed by atoms with Gasteiger partial charge in [0, 0.05) is 0 Å². The van der Waals surface area contributed by atoms with Crippen molar-refractivity contribution in [2.24, 2.45) is 0 Å². The van der Waals surface area contributed by atoms with Crippen LogP contribution in [0.25, 0.3) is 11.1 Å². The van der Waals surface area contributed by atoms with Crippen molar-refractivity contribution >= 4 is 15.9 Å². The lowest BCUT2D eigenvalue weighted by molar-refractivity contribution is 0.621. The monoisotopic (exact) mass is 296 g/mol. The number of halogens is 3. The van der Waals surface area contributed by atoms with Crippen LogP contribution in [0.1, 0.15) is 11.1 Å². The Morgan fingerprint density at radius 1 is 0.941 bits per heavy atom. The van der Waals surface area contributed by atoms with Crippen LogP contribution in [0.3, 0.4) is 0 Å². The number of rotatable bonds is 1. The number of benzene rings is 2. The fraction of sp³-hybridized carbons (Fsp3) is 0.143. The predicted octanol–water partition coefficient (Wildman–Crippen LogP) is 5.01. The van der Waals surface area contributed by atoms with Crippen LogP contribution in [-0.4, -0.2) is 0 Å². The van der Waals surface area contributed by atoms with Crippen molar-refractivity contribution in [1.29, 1.82) is 0 Å². The Hall–Kier alpha value is -1.22. The van der Waals surface area contributed by atoms with Crippen molar-refractivity contribution in [1.82, 2.24) is 0 Å². The summed E-state index contributed by atoms with van der Waals surface area (Å²) in [5.74, 6) is -0.577. The van der Waals surface area contributed by atoms with E-state index in [9.17, 15) is 8.78 Å². The van der Waals surface area contributed by atoms with Gasteiger partial charge in [-0.3, -0.25) is 0 Å². The minimum atomic E-state index is -0.314. The Balaban J connectivity index is 2.64. The minimum Gasteiger partial charge on any atom is -0.207 e. The largest absolute Gasteiger partial charge is 0.207 e. The molecule has 2 aromatic rings. The second kappa shape index (κ2) is 4.57. The van der Waals surface area contributed by atoms with Gasteiger partial charge >= 0.3 is 0 Å². The molecule has 0 aliphatic carbocycles. The molecule has 0 unspecified atom stereocenters. The number of hydrogen-bond acceptors (Lipinski definition) is 0. The van der Waals surface area contributed by atoms with E-state index in [-0.39, 0.29) is 11.6 Å². The highest BCUT2D eigenvalue weighted by molar-refractivity contribution is 9.10. The fourth-order valence-corrected chi connectivity index (χ4v) is 2.26. The molecule has 0 fully saturated rings. The summed E-state index contributed by atoms with van der Waals surface area (Å²) in [6.45, 7) is 3.65. The van der Waals surface area contributed by atoms with Crippen molar-refractivity contribution in [2.75, 3.05) is 0 Å². The highest BCUT2D eigenvalue weighted by atomic mass is 79.9. The van der Waals surface area contributed by atoms with E-state index in [1.165, 1.54) is 18.2 Å². The van der Waals surface area contributed by atoms with E-state index in [1.54, 1.807) is 6.07 Å². The molecule has 2 aromatic carbocycles. The van der Waals surface area contributed by atoms with Gasteiger partial charge in [-0.05, 0) is 76.3 Å². The van der Waals surface area contributed by atoms with Crippen LogP contribution in [0, 0.1) is 25.5 Å². The molecule has 0 saturated heterocycles. The molecule has 0 nitrogen and oxygen atoms in total. The summed E-state index contributed by atoms with van der Waals surface area (Å²) >= 11 is 3.12. The van der Waals surface area contributed by atoms with E-state index in [0.717, 1.165) is 22.3 Å². The predicted molar refractivity (Wildman–Crippen MR) is 69.0 cm³/mol. The Morgan fingerprint density at radius 2 is 1.53 bits per heavy atom. The van der Waals surface area contributed by atoms with Crippen molar-refractivity contribution < 1.29 is 8.78 Å². The Bertz CT molecular complexity index is 553. The molecule has 0 aliphatic rings. The smallest absolute Gasteiger partial charge is 0.137 e. The van der Waals surface area contributed by atoms with Crippen molar-refractivity contribution in [3.63, 3.8) is 0 Å². The zero-order valence-electron chi connectivity index (χ0n) is 9.52. The first kappa shape index (κ1) is 12.2. The molecule has 0 spiro atoms. The van der Waals surface area contributed by atoms with Gasteiger partial charge in [0.25, 0.3) is 0 Å². The van der Waals surface area contributed by atoms with E-state index in [2.05, 4.69) is 15.9 Å². The molecule has 0 bridgehead atoms. The van der Waals surface area contributed by atoms with Crippen LogP contribution < -0.4 is 0 Å². The summed E-state index contributed by atoms with van der Waals surface area (Å²) in [6, 6.07) is 7.86. The van der Waals surface area contributed by atoms with Gasteiger partial charge in [-0.25, -0.2) is 8.78 Å². The van der Waals surface area contributed by atoms with E-state index < -0.39 is 0 Å². The molecule has 3 heteroatoms. The Kier molecular flexibility index (Phi) is 3.29. The molecule has 17 heavy (non-hydrogen) atoms. The summed E-state index contributed by atoms with van der Waals surface area (Å²) < 4.78 is 27.1. The standard InChI is InChI=1S/C14H11BrF2/c1-8-5-11(16)6-9(2)14(8)10-3-4-12(15)13(17)7-10/h3-7H,1-2H3. The first-order valence-electron chi connectivity index (χ1n) is 5.21. The van der Waals surface area contributed by atoms with Gasteiger partial charge in [-0.15, -0.1) is 0 Å². The average molecular weight is 297 g/mol. The second-order valence-electron chi connectivity index (χ2n) is 4.04. The summed E-state index contributed by atoms with van der Waals surface area (Å²) in [4.78, 5) is 0. The van der Waals surface area contributed by atoms with E-state index in [4.69, 9.17) is 0 Å². The third kappa shape index (κ3) is 2.39. The Morgan fingerprint density at radius 3 is 2.06 bits per heavy atom. The maximum atomic E-state index is 13.5. The van der Waals surface area contributed by atoms with Gasteiger partial charge in [0.2, 0.25) is 0 Å². The summed E-state index contributed by atoms with van der Waals surface area (Å²) in [7, 11) is 0. The van der Waals surface area contributed by atoms with Gasteiger partial charge in [0.05, 0.1) is 4.47 Å². The highest BCUT2D eigenvalue weighted by Crippen LogP contribution is 2.30. The topological polar surface area (TPSA) is 0 Å². The molecule has 0 radical (unpaired) electrons. The van der Waals surface area contributed by atoms with Crippen LogP contribution >= 0.6 is 15.9 Å². The maximum Gasteiger partial charge on any atom is 0.137 e. The van der Waals surface area contributed by atoms with E-state index in [1.807, 2.05) is 19.9 Å². The first-order chi connectivity index (χ1) is 7.99. The zero-order valence-corrected chi connectivity index (χ0v) is 11.1. The maximum absolute atomic E-state index is 13.5. The van der Waals surface area contributed by atoms with Crippen LogP contribution in [0.5, 0.6) is 0 Å². The van der Waals surface area contributed by atoms with Gasteiger partial charge < -0.3 is 0 Å². The molecular weight excluding hydrogens is 286 g/mol. The van der Waals surface area contributed by atoms with Gasteiger partial charge in [0.1, 0.15) is 11.6 Å². The highest BCUT2D eigenvalue weighted by Gasteiger charge is 2.09. The molecular formula is C14H11BrF2. The van der Waals surface area contributed by atoms with Crippen molar-refractivity contribution in [3.8, 4) is 11.1 Å². The van der Waals surface area contributed by atoms with Crippen LogP contribution in [0.4, 0.5) is 8.78 Å². The van der Waals surface area contributed by atoms with Gasteiger partial charge in [-0.2, -0.15) is 0 Å². The molecule has 0 heterocycles. The van der Waals surface area contributed by atoms with E-state index >= 15 is 0 Å². The van der Waals surface area contributed by atoms with Gasteiger partial charge in [0.15, 0.2) is 0 Å². The van der Waals surface area contributed by atoms with Crippen LogP contribution in [0.15, 0.2) is 34.8 Å². The lowest BCUT2D eigenvalue weighted by Gasteiger charge is -2.11. The third-order valence-electron chi connectivity index (χ3n) is 2.71. The normalized spacial score (nSPS) is 10.6. The molecule has 0 aliphatic heterocycles. The SMILES string of the molecule is Cc1cc(F)cc(C)c1-c1ccc(Br)c(F)c1. The summed E-state index contributed by atoms with van der Waals surface area (Å²) in [5.41, 5.74) is 3.27. The number of hydrogen-bond donors (Lipinski definition) is 0. The van der Waals surface area contributed by atoms with Crippen molar-refractivity contribution in [2.45, 2.75) is 13.8 Å². The third-order valence-corrected chi connectivity index (χ3v) is 3.35. The summed E-state index contributed by atoms with van der Waals surface area (Å²) in [5, 5.41) is 0. The zero-order chi connectivity index (χ0) is 12.6. The first-order valence-corrected chi connectivity index (χ1v) is 6.00. The Labute approximate surface area is 107 Å². The summed E-state index contributed by atoms with van der Waals surface area (Å²) in [6.07, 6.45) is 0. The quantitative estimate of drug-likeness (QED) is 0.694. The van der Waals surface area contributed by atoms with Gasteiger partial charge in [-0.1, -0.05) is 6.07 Å². The lowest BCUT2D eigenvalue weighted by Crippen LogP contribution is -1.91.